The van der Waals surface area contributed by atoms with Gasteiger partial charge in [-0.1, -0.05) is 32.0 Å². The SMILES string of the molecule is Cc1nn(-c2ccccc2)nc1CNC(C)C. The largest absolute Gasteiger partial charge is 0.309 e. The van der Waals surface area contributed by atoms with Crippen LogP contribution in [0.15, 0.2) is 30.3 Å². The number of rotatable bonds is 4. The highest BCUT2D eigenvalue weighted by Crippen LogP contribution is 2.07. The Morgan fingerprint density at radius 1 is 1.18 bits per heavy atom. The van der Waals surface area contributed by atoms with E-state index in [1.54, 1.807) is 4.80 Å². The van der Waals surface area contributed by atoms with Gasteiger partial charge in [0.1, 0.15) is 0 Å². The van der Waals surface area contributed by atoms with Crippen molar-refractivity contribution in [2.24, 2.45) is 0 Å². The maximum absolute atomic E-state index is 4.50. The Hall–Kier alpha value is -1.68. The second-order valence-corrected chi connectivity index (χ2v) is 4.39. The van der Waals surface area contributed by atoms with Crippen molar-refractivity contribution >= 4 is 0 Å². The number of para-hydroxylation sites is 1. The standard InChI is InChI=1S/C13H18N4/c1-10(2)14-9-13-11(3)15-17(16-13)12-7-5-4-6-8-12/h4-8,10,14H,9H2,1-3H3. The molecule has 1 N–H and O–H groups in total. The zero-order chi connectivity index (χ0) is 12.3. The van der Waals surface area contributed by atoms with Gasteiger partial charge < -0.3 is 5.32 Å². The predicted molar refractivity (Wildman–Crippen MR) is 68.1 cm³/mol. The summed E-state index contributed by atoms with van der Waals surface area (Å²) in [4.78, 5) is 1.69. The molecule has 0 saturated carbocycles. The van der Waals surface area contributed by atoms with Gasteiger partial charge in [-0.3, -0.25) is 0 Å². The van der Waals surface area contributed by atoms with E-state index in [1.165, 1.54) is 0 Å². The zero-order valence-corrected chi connectivity index (χ0v) is 10.5. The van der Waals surface area contributed by atoms with Crippen LogP contribution >= 0.6 is 0 Å². The molecule has 0 atom stereocenters. The summed E-state index contributed by atoms with van der Waals surface area (Å²) < 4.78 is 0. The first-order valence-corrected chi connectivity index (χ1v) is 5.88. The summed E-state index contributed by atoms with van der Waals surface area (Å²) in [5.41, 5.74) is 2.97. The molecule has 1 heterocycles. The molecule has 1 aromatic heterocycles. The number of nitrogens with zero attached hydrogens (tertiary/aromatic N) is 3. The molecule has 0 unspecified atom stereocenters. The third-order valence-corrected chi connectivity index (χ3v) is 2.54. The van der Waals surface area contributed by atoms with Crippen LogP contribution in [0.2, 0.25) is 0 Å². The molecule has 0 fully saturated rings. The summed E-state index contributed by atoms with van der Waals surface area (Å²) in [6, 6.07) is 10.4. The first kappa shape index (κ1) is 11.8. The highest BCUT2D eigenvalue weighted by molar-refractivity contribution is 5.29. The molecule has 0 aliphatic rings. The maximum Gasteiger partial charge on any atom is 0.0998 e. The van der Waals surface area contributed by atoms with Crippen molar-refractivity contribution in [3.8, 4) is 5.69 Å². The van der Waals surface area contributed by atoms with E-state index in [0.29, 0.717) is 6.04 Å². The molecule has 0 aliphatic carbocycles. The fourth-order valence-corrected chi connectivity index (χ4v) is 1.55. The fraction of sp³-hybridized carbons (Fsp3) is 0.385. The molecule has 2 rings (SSSR count). The quantitative estimate of drug-likeness (QED) is 0.874. The first-order chi connectivity index (χ1) is 8.16. The summed E-state index contributed by atoms with van der Waals surface area (Å²) in [5.74, 6) is 0. The van der Waals surface area contributed by atoms with Crippen LogP contribution in [0.5, 0.6) is 0 Å². The lowest BCUT2D eigenvalue weighted by Crippen LogP contribution is -2.22. The van der Waals surface area contributed by atoms with E-state index < -0.39 is 0 Å². The van der Waals surface area contributed by atoms with Crippen LogP contribution in [-0.4, -0.2) is 21.0 Å². The van der Waals surface area contributed by atoms with E-state index in [9.17, 15) is 0 Å². The Kier molecular flexibility index (Phi) is 3.54. The minimum Gasteiger partial charge on any atom is -0.309 e. The van der Waals surface area contributed by atoms with E-state index in [1.807, 2.05) is 37.3 Å². The monoisotopic (exact) mass is 230 g/mol. The van der Waals surface area contributed by atoms with E-state index in [4.69, 9.17) is 0 Å². The smallest absolute Gasteiger partial charge is 0.0998 e. The van der Waals surface area contributed by atoms with Gasteiger partial charge in [-0.15, -0.1) is 0 Å². The van der Waals surface area contributed by atoms with Crippen LogP contribution in [0.4, 0.5) is 0 Å². The third-order valence-electron chi connectivity index (χ3n) is 2.54. The number of aromatic nitrogens is 3. The van der Waals surface area contributed by atoms with Crippen LogP contribution < -0.4 is 5.32 Å². The van der Waals surface area contributed by atoms with E-state index in [0.717, 1.165) is 23.6 Å². The molecule has 0 bridgehead atoms. The van der Waals surface area contributed by atoms with Crippen molar-refractivity contribution in [3.05, 3.63) is 41.7 Å². The molecule has 2 aromatic rings. The van der Waals surface area contributed by atoms with Crippen LogP contribution in [0.25, 0.3) is 5.69 Å². The lowest BCUT2D eigenvalue weighted by atomic mass is 10.3. The molecule has 0 spiro atoms. The minimum atomic E-state index is 0.455. The van der Waals surface area contributed by atoms with Crippen LogP contribution in [0.3, 0.4) is 0 Å². The average molecular weight is 230 g/mol. The van der Waals surface area contributed by atoms with Crippen molar-refractivity contribution in [2.45, 2.75) is 33.4 Å². The molecule has 0 amide bonds. The van der Waals surface area contributed by atoms with Crippen molar-refractivity contribution in [1.29, 1.82) is 0 Å². The summed E-state index contributed by atoms with van der Waals surface area (Å²) >= 11 is 0. The van der Waals surface area contributed by atoms with Crippen molar-refractivity contribution in [2.75, 3.05) is 0 Å². The predicted octanol–water partition coefficient (Wildman–Crippen LogP) is 2.07. The van der Waals surface area contributed by atoms with Crippen molar-refractivity contribution in [3.63, 3.8) is 0 Å². The maximum atomic E-state index is 4.50. The highest BCUT2D eigenvalue weighted by Gasteiger charge is 2.08. The van der Waals surface area contributed by atoms with Gasteiger partial charge in [-0.05, 0) is 19.1 Å². The van der Waals surface area contributed by atoms with Crippen LogP contribution in [0, 0.1) is 6.92 Å². The number of aryl methyl sites for hydroxylation is 1. The Labute approximate surface area is 102 Å². The van der Waals surface area contributed by atoms with Gasteiger partial charge in [0.05, 0.1) is 17.1 Å². The Balaban J connectivity index is 2.19. The Bertz CT molecular complexity index is 473. The van der Waals surface area contributed by atoms with E-state index in [2.05, 4.69) is 29.4 Å². The number of hydrogen-bond donors (Lipinski definition) is 1. The minimum absolute atomic E-state index is 0.455. The summed E-state index contributed by atoms with van der Waals surface area (Å²) in [6.45, 7) is 6.99. The molecule has 17 heavy (non-hydrogen) atoms. The molecule has 4 heteroatoms. The van der Waals surface area contributed by atoms with Crippen molar-refractivity contribution in [1.82, 2.24) is 20.3 Å². The van der Waals surface area contributed by atoms with E-state index >= 15 is 0 Å². The Morgan fingerprint density at radius 2 is 1.88 bits per heavy atom. The molecule has 4 nitrogen and oxygen atoms in total. The lowest BCUT2D eigenvalue weighted by molar-refractivity contribution is 0.576. The summed E-state index contributed by atoms with van der Waals surface area (Å²) in [6.07, 6.45) is 0. The number of hydrogen-bond acceptors (Lipinski definition) is 3. The van der Waals surface area contributed by atoms with Gasteiger partial charge in [-0.2, -0.15) is 15.0 Å². The fourth-order valence-electron chi connectivity index (χ4n) is 1.55. The zero-order valence-electron chi connectivity index (χ0n) is 10.5. The molecule has 0 saturated heterocycles. The average Bonchev–Trinajstić information content (AvgIpc) is 2.69. The van der Waals surface area contributed by atoms with E-state index in [-0.39, 0.29) is 0 Å². The molecule has 90 valence electrons. The van der Waals surface area contributed by atoms with Gasteiger partial charge >= 0.3 is 0 Å². The molecule has 0 aliphatic heterocycles. The van der Waals surface area contributed by atoms with Gasteiger partial charge in [0.15, 0.2) is 0 Å². The van der Waals surface area contributed by atoms with Crippen LogP contribution in [-0.2, 0) is 6.54 Å². The topological polar surface area (TPSA) is 42.7 Å². The number of nitrogens with one attached hydrogen (secondary N) is 1. The van der Waals surface area contributed by atoms with Gasteiger partial charge in [-0.25, -0.2) is 0 Å². The molecular formula is C13H18N4. The molecule has 1 aromatic carbocycles. The highest BCUT2D eigenvalue weighted by atomic mass is 15.5. The second kappa shape index (κ2) is 5.10. The Morgan fingerprint density at radius 3 is 2.53 bits per heavy atom. The number of benzene rings is 1. The van der Waals surface area contributed by atoms with Gasteiger partial charge in [0, 0.05) is 12.6 Å². The summed E-state index contributed by atoms with van der Waals surface area (Å²) in [5, 5.41) is 12.3. The lowest BCUT2D eigenvalue weighted by Gasteiger charge is -2.05. The molecular weight excluding hydrogens is 212 g/mol. The van der Waals surface area contributed by atoms with Crippen molar-refractivity contribution < 1.29 is 0 Å². The van der Waals surface area contributed by atoms with Gasteiger partial charge in [0.25, 0.3) is 0 Å². The van der Waals surface area contributed by atoms with Gasteiger partial charge in [0.2, 0.25) is 0 Å². The normalized spacial score (nSPS) is 11.1. The second-order valence-electron chi connectivity index (χ2n) is 4.39. The third kappa shape index (κ3) is 2.91. The first-order valence-electron chi connectivity index (χ1n) is 5.88. The van der Waals surface area contributed by atoms with Crippen LogP contribution in [0.1, 0.15) is 25.2 Å². The molecule has 0 radical (unpaired) electrons. The summed E-state index contributed by atoms with van der Waals surface area (Å²) in [7, 11) is 0.